The molecule has 0 aromatic carbocycles. The van der Waals surface area contributed by atoms with Crippen LogP contribution >= 0.6 is 11.3 Å². The van der Waals surface area contributed by atoms with Gasteiger partial charge in [0, 0.05) is 11.1 Å². The van der Waals surface area contributed by atoms with Crippen LogP contribution < -0.4 is 0 Å². The van der Waals surface area contributed by atoms with Crippen LogP contribution in [0.3, 0.4) is 0 Å². The fourth-order valence-corrected chi connectivity index (χ4v) is 2.66. The summed E-state index contributed by atoms with van der Waals surface area (Å²) in [6.07, 6.45) is 2.45. The molecule has 0 aliphatic carbocycles. The number of hydrogen-bond donors (Lipinski definition) is 1. The molecule has 0 aliphatic rings. The fourth-order valence-electron chi connectivity index (χ4n) is 1.81. The third-order valence-corrected chi connectivity index (χ3v) is 3.60. The van der Waals surface area contributed by atoms with Crippen molar-refractivity contribution < 1.29 is 23.5 Å². The Morgan fingerprint density at radius 1 is 1.26 bits per heavy atom. The first kappa shape index (κ1) is 11.7. The standard InChI is InChI=1S/C13H8O5S/c14-9(4-12(15)16)11-3-7(5-17-11)8-6-18-10-1-2-19-13(8)10/h1-3,5-6H,4H2,(H,15,16). The van der Waals surface area contributed by atoms with Gasteiger partial charge in [-0.3, -0.25) is 9.59 Å². The van der Waals surface area contributed by atoms with E-state index in [0.717, 1.165) is 15.8 Å². The van der Waals surface area contributed by atoms with Crippen LogP contribution in [0.1, 0.15) is 17.0 Å². The molecule has 3 aromatic heterocycles. The highest BCUT2D eigenvalue weighted by Gasteiger charge is 2.17. The number of ketones is 1. The fraction of sp³-hybridized carbons (Fsp3) is 0.0769. The molecule has 3 aromatic rings. The molecule has 0 saturated carbocycles. The lowest BCUT2D eigenvalue weighted by molar-refractivity contribution is -0.135. The minimum atomic E-state index is -1.17. The molecule has 0 saturated heterocycles. The summed E-state index contributed by atoms with van der Waals surface area (Å²) >= 11 is 1.53. The third-order valence-electron chi connectivity index (χ3n) is 2.67. The molecule has 19 heavy (non-hydrogen) atoms. The average molecular weight is 276 g/mol. The lowest BCUT2D eigenvalue weighted by Gasteiger charge is -1.90. The van der Waals surface area contributed by atoms with Gasteiger partial charge in [0.15, 0.2) is 5.76 Å². The molecule has 0 spiro atoms. The van der Waals surface area contributed by atoms with Crippen LogP contribution in [0.5, 0.6) is 0 Å². The minimum absolute atomic E-state index is 0.0447. The highest BCUT2D eigenvalue weighted by molar-refractivity contribution is 7.17. The number of carbonyl (C=O) groups is 2. The molecule has 0 amide bonds. The molecular weight excluding hydrogens is 268 g/mol. The van der Waals surface area contributed by atoms with Gasteiger partial charge in [0.05, 0.1) is 11.0 Å². The smallest absolute Gasteiger partial charge is 0.311 e. The first-order chi connectivity index (χ1) is 9.15. The van der Waals surface area contributed by atoms with Crippen molar-refractivity contribution in [3.8, 4) is 11.1 Å². The molecular formula is C13H8O5S. The number of carboxylic acid groups (broad SMARTS) is 1. The number of thiophene rings is 1. The number of fused-ring (bicyclic) bond motifs is 1. The maximum Gasteiger partial charge on any atom is 0.311 e. The van der Waals surface area contributed by atoms with Crippen molar-refractivity contribution in [3.63, 3.8) is 0 Å². The van der Waals surface area contributed by atoms with Crippen LogP contribution in [0.2, 0.25) is 0 Å². The second-order valence-electron chi connectivity index (χ2n) is 3.96. The molecule has 0 aliphatic heterocycles. The second kappa shape index (κ2) is 4.40. The van der Waals surface area contributed by atoms with Crippen LogP contribution in [-0.2, 0) is 4.79 Å². The summed E-state index contributed by atoms with van der Waals surface area (Å²) in [7, 11) is 0. The molecule has 1 N–H and O–H groups in total. The summed E-state index contributed by atoms with van der Waals surface area (Å²) in [5, 5.41) is 10.5. The summed E-state index contributed by atoms with van der Waals surface area (Å²) < 4.78 is 11.5. The Bertz CT molecular complexity index is 761. The largest absolute Gasteiger partial charge is 0.481 e. The predicted molar refractivity (Wildman–Crippen MR) is 68.4 cm³/mol. The number of carboxylic acids is 1. The lowest BCUT2D eigenvalue weighted by Crippen LogP contribution is -2.05. The van der Waals surface area contributed by atoms with Crippen molar-refractivity contribution in [2.45, 2.75) is 6.42 Å². The van der Waals surface area contributed by atoms with Crippen LogP contribution in [-0.4, -0.2) is 16.9 Å². The van der Waals surface area contributed by atoms with E-state index in [4.69, 9.17) is 13.9 Å². The van der Waals surface area contributed by atoms with Gasteiger partial charge in [-0.1, -0.05) is 0 Å². The van der Waals surface area contributed by atoms with E-state index in [2.05, 4.69) is 0 Å². The number of furan rings is 2. The summed E-state index contributed by atoms with van der Waals surface area (Å²) in [4.78, 5) is 22.0. The van der Waals surface area contributed by atoms with Crippen molar-refractivity contribution in [3.05, 3.63) is 35.8 Å². The van der Waals surface area contributed by atoms with Crippen LogP contribution in [0.4, 0.5) is 0 Å². The van der Waals surface area contributed by atoms with Crippen LogP contribution in [0.25, 0.3) is 21.4 Å². The summed E-state index contributed by atoms with van der Waals surface area (Å²) in [5.74, 6) is -1.68. The molecule has 3 heterocycles. The molecule has 6 heteroatoms. The van der Waals surface area contributed by atoms with Gasteiger partial charge in [-0.05, 0) is 17.5 Å². The zero-order valence-corrected chi connectivity index (χ0v) is 10.4. The van der Waals surface area contributed by atoms with Gasteiger partial charge in [-0.25, -0.2) is 0 Å². The Kier molecular flexibility index (Phi) is 2.72. The van der Waals surface area contributed by atoms with Gasteiger partial charge in [0.25, 0.3) is 0 Å². The number of Topliss-reactive ketones (excluding diaryl/α,β-unsaturated/α-hetero) is 1. The van der Waals surface area contributed by atoms with Gasteiger partial charge in [0.1, 0.15) is 18.3 Å². The van der Waals surface area contributed by atoms with Crippen molar-refractivity contribution in [2.24, 2.45) is 0 Å². The Morgan fingerprint density at radius 2 is 2.11 bits per heavy atom. The Labute approximate surface area is 111 Å². The third kappa shape index (κ3) is 2.06. The van der Waals surface area contributed by atoms with E-state index in [1.54, 1.807) is 6.26 Å². The van der Waals surface area contributed by atoms with Gasteiger partial charge in [0.2, 0.25) is 5.78 Å². The Hall–Kier alpha value is -2.34. The topological polar surface area (TPSA) is 80.6 Å². The minimum Gasteiger partial charge on any atom is -0.481 e. The van der Waals surface area contributed by atoms with Crippen molar-refractivity contribution in [1.82, 2.24) is 0 Å². The number of aliphatic carboxylic acids is 1. The molecule has 0 bridgehead atoms. The molecule has 0 fully saturated rings. The van der Waals surface area contributed by atoms with E-state index in [9.17, 15) is 9.59 Å². The second-order valence-corrected chi connectivity index (χ2v) is 4.87. The summed E-state index contributed by atoms with van der Waals surface area (Å²) in [6, 6.07) is 3.40. The van der Waals surface area contributed by atoms with Gasteiger partial charge in [-0.2, -0.15) is 0 Å². The highest BCUT2D eigenvalue weighted by Crippen LogP contribution is 2.35. The molecule has 96 valence electrons. The number of carbonyl (C=O) groups excluding carboxylic acids is 1. The number of rotatable bonds is 4. The average Bonchev–Trinajstić information content (AvgIpc) is 3.03. The zero-order chi connectivity index (χ0) is 13.4. The van der Waals surface area contributed by atoms with E-state index in [1.807, 2.05) is 11.4 Å². The Morgan fingerprint density at radius 3 is 2.89 bits per heavy atom. The predicted octanol–water partition coefficient (Wildman–Crippen LogP) is 3.41. The van der Waals surface area contributed by atoms with Gasteiger partial charge in [-0.15, -0.1) is 11.3 Å². The van der Waals surface area contributed by atoms with E-state index < -0.39 is 18.2 Å². The normalized spacial score (nSPS) is 10.9. The SMILES string of the molecule is O=C(O)CC(=O)c1cc(-c2coc3ccsc23)co1. The Balaban J connectivity index is 1.95. The lowest BCUT2D eigenvalue weighted by atomic mass is 10.1. The van der Waals surface area contributed by atoms with E-state index in [1.165, 1.54) is 23.7 Å². The first-order valence-electron chi connectivity index (χ1n) is 5.44. The van der Waals surface area contributed by atoms with E-state index >= 15 is 0 Å². The van der Waals surface area contributed by atoms with E-state index in [0.29, 0.717) is 5.56 Å². The van der Waals surface area contributed by atoms with Crippen LogP contribution in [0.15, 0.2) is 38.9 Å². The quantitative estimate of drug-likeness (QED) is 0.583. The van der Waals surface area contributed by atoms with Crippen molar-refractivity contribution >= 4 is 33.4 Å². The van der Waals surface area contributed by atoms with Gasteiger partial charge < -0.3 is 13.9 Å². The maximum absolute atomic E-state index is 11.6. The van der Waals surface area contributed by atoms with Crippen molar-refractivity contribution in [2.75, 3.05) is 0 Å². The summed E-state index contributed by atoms with van der Waals surface area (Å²) in [6.45, 7) is 0. The molecule has 0 unspecified atom stereocenters. The van der Waals surface area contributed by atoms with Crippen molar-refractivity contribution in [1.29, 1.82) is 0 Å². The van der Waals surface area contributed by atoms with Crippen LogP contribution in [0, 0.1) is 0 Å². The molecule has 5 nitrogen and oxygen atoms in total. The highest BCUT2D eigenvalue weighted by atomic mass is 32.1. The maximum atomic E-state index is 11.6. The summed E-state index contributed by atoms with van der Waals surface area (Å²) in [5.41, 5.74) is 2.32. The van der Waals surface area contributed by atoms with Gasteiger partial charge >= 0.3 is 5.97 Å². The first-order valence-corrected chi connectivity index (χ1v) is 6.31. The molecule has 3 rings (SSSR count). The zero-order valence-electron chi connectivity index (χ0n) is 9.58. The monoisotopic (exact) mass is 276 g/mol. The van der Waals surface area contributed by atoms with E-state index in [-0.39, 0.29) is 5.76 Å². The molecule has 0 radical (unpaired) electrons. The molecule has 0 atom stereocenters. The number of hydrogen-bond acceptors (Lipinski definition) is 5.